The molecule has 0 saturated heterocycles. The smallest absolute Gasteiger partial charge is 0.251 e. The molecule has 1 atom stereocenters. The zero-order valence-electron chi connectivity index (χ0n) is 13.4. The topological polar surface area (TPSA) is 66.6 Å². The van der Waals surface area contributed by atoms with Crippen molar-refractivity contribution in [3.05, 3.63) is 53.8 Å². The highest BCUT2D eigenvalue weighted by Gasteiger charge is 2.29. The number of amides is 1. The number of nitrogens with zero attached hydrogens (tertiary/aromatic N) is 2. The molecule has 0 bridgehead atoms. The summed E-state index contributed by atoms with van der Waals surface area (Å²) in [6, 6.07) is 14.2. The van der Waals surface area contributed by atoms with Crippen LogP contribution in [0.25, 0.3) is 22.0 Å². The lowest BCUT2D eigenvalue weighted by Gasteiger charge is -2.27. The molecule has 2 aromatic carbocycles. The van der Waals surface area contributed by atoms with Crippen molar-refractivity contribution in [3.8, 4) is 11.3 Å². The molecule has 1 amide bonds. The third-order valence-corrected chi connectivity index (χ3v) is 4.54. The van der Waals surface area contributed by atoms with Crippen LogP contribution in [0.15, 0.2) is 47.0 Å². The first-order chi connectivity index (χ1) is 11.6. The van der Waals surface area contributed by atoms with Gasteiger partial charge in [0.05, 0.1) is 6.54 Å². The van der Waals surface area contributed by atoms with Crippen LogP contribution in [0.1, 0.15) is 18.2 Å². The fraction of sp³-hybridized carbons (Fsp3) is 0.263. The Balaban J connectivity index is 1.79. The van der Waals surface area contributed by atoms with Gasteiger partial charge >= 0.3 is 0 Å². The second-order valence-corrected chi connectivity index (χ2v) is 6.15. The minimum absolute atomic E-state index is 0.259. The monoisotopic (exact) mass is 322 g/mol. The third kappa shape index (κ3) is 2.37. The molecule has 3 aromatic rings. The number of aromatic nitrogens is 1. The largest absolute Gasteiger partial charge is 0.384 e. The Bertz CT molecular complexity index is 909. The summed E-state index contributed by atoms with van der Waals surface area (Å²) in [5, 5.41) is 16.1. The number of carbonyl (C=O) groups is 1. The van der Waals surface area contributed by atoms with Crippen LogP contribution < -0.4 is 0 Å². The average Bonchev–Trinajstić information content (AvgIpc) is 3.03. The van der Waals surface area contributed by atoms with E-state index in [1.165, 1.54) is 6.92 Å². The lowest BCUT2D eigenvalue weighted by molar-refractivity contribution is -0.140. The molecule has 24 heavy (non-hydrogen) atoms. The molecule has 2 heterocycles. The zero-order valence-corrected chi connectivity index (χ0v) is 13.4. The van der Waals surface area contributed by atoms with Gasteiger partial charge < -0.3 is 14.5 Å². The van der Waals surface area contributed by atoms with Crippen LogP contribution in [0, 0.1) is 0 Å². The number of hydrogen-bond acceptors (Lipinski definition) is 4. The fourth-order valence-corrected chi connectivity index (χ4v) is 3.30. The van der Waals surface area contributed by atoms with Crippen LogP contribution >= 0.6 is 0 Å². The van der Waals surface area contributed by atoms with E-state index >= 15 is 0 Å². The van der Waals surface area contributed by atoms with Crippen LogP contribution in [0.2, 0.25) is 0 Å². The molecule has 4 rings (SSSR count). The Morgan fingerprint density at radius 3 is 2.88 bits per heavy atom. The van der Waals surface area contributed by atoms with Gasteiger partial charge in [0, 0.05) is 24.1 Å². The van der Waals surface area contributed by atoms with Crippen molar-refractivity contribution < 1.29 is 14.4 Å². The lowest BCUT2D eigenvalue weighted by Crippen LogP contribution is -2.40. The molecule has 1 N–H and O–H groups in total. The first-order valence-corrected chi connectivity index (χ1v) is 8.07. The molecule has 1 aliphatic rings. The minimum atomic E-state index is -0.993. The molecule has 0 saturated carbocycles. The number of hydrogen-bond donors (Lipinski definition) is 1. The predicted octanol–water partition coefficient (Wildman–Crippen LogP) is 2.76. The SMILES string of the molecule is CC(O)C(=O)N1CCc2onc(-c3cccc4ccccc34)c2C1. The average molecular weight is 322 g/mol. The number of aliphatic hydroxyl groups excluding tert-OH is 1. The summed E-state index contributed by atoms with van der Waals surface area (Å²) in [5.74, 6) is 0.568. The number of benzene rings is 2. The van der Waals surface area contributed by atoms with Gasteiger partial charge in [-0.25, -0.2) is 0 Å². The molecule has 1 aliphatic heterocycles. The van der Waals surface area contributed by atoms with E-state index in [2.05, 4.69) is 23.4 Å². The first kappa shape index (κ1) is 14.9. The Hall–Kier alpha value is -2.66. The maximum Gasteiger partial charge on any atom is 0.251 e. The van der Waals surface area contributed by atoms with Crippen molar-refractivity contribution in [2.75, 3.05) is 6.54 Å². The van der Waals surface area contributed by atoms with Crippen LogP contribution in [0.4, 0.5) is 0 Å². The summed E-state index contributed by atoms with van der Waals surface area (Å²) >= 11 is 0. The summed E-state index contributed by atoms with van der Waals surface area (Å²) in [4.78, 5) is 13.8. The number of rotatable bonds is 2. The molecule has 0 spiro atoms. The molecule has 0 fully saturated rings. The zero-order chi connectivity index (χ0) is 16.7. The fourth-order valence-electron chi connectivity index (χ4n) is 3.30. The quantitative estimate of drug-likeness (QED) is 0.788. The lowest BCUT2D eigenvalue weighted by atomic mass is 9.97. The van der Waals surface area contributed by atoms with Gasteiger partial charge in [0.2, 0.25) is 0 Å². The Kier molecular flexibility index (Phi) is 3.58. The van der Waals surface area contributed by atoms with E-state index in [1.54, 1.807) is 4.90 Å². The van der Waals surface area contributed by atoms with E-state index in [-0.39, 0.29) is 5.91 Å². The molecule has 0 aliphatic carbocycles. The van der Waals surface area contributed by atoms with Gasteiger partial charge in [-0.3, -0.25) is 4.79 Å². The highest BCUT2D eigenvalue weighted by molar-refractivity contribution is 5.96. The Labute approximate surface area is 139 Å². The van der Waals surface area contributed by atoms with Gasteiger partial charge in [0.15, 0.2) is 0 Å². The molecule has 1 unspecified atom stereocenters. The highest BCUT2D eigenvalue weighted by Crippen LogP contribution is 2.34. The summed E-state index contributed by atoms with van der Waals surface area (Å²) in [5.41, 5.74) is 2.72. The highest BCUT2D eigenvalue weighted by atomic mass is 16.5. The first-order valence-electron chi connectivity index (χ1n) is 8.07. The van der Waals surface area contributed by atoms with Crippen molar-refractivity contribution >= 4 is 16.7 Å². The number of aliphatic hydroxyl groups is 1. The summed E-state index contributed by atoms with van der Waals surface area (Å²) in [6.07, 6.45) is -0.377. The third-order valence-electron chi connectivity index (χ3n) is 4.54. The summed E-state index contributed by atoms with van der Waals surface area (Å²) in [7, 11) is 0. The van der Waals surface area contributed by atoms with Crippen molar-refractivity contribution in [1.82, 2.24) is 10.1 Å². The summed E-state index contributed by atoms with van der Waals surface area (Å²) < 4.78 is 5.53. The van der Waals surface area contributed by atoms with Gasteiger partial charge in [0.25, 0.3) is 5.91 Å². The summed E-state index contributed by atoms with van der Waals surface area (Å²) in [6.45, 7) is 2.46. The molecular formula is C19H18N2O3. The second kappa shape index (κ2) is 5.76. The Morgan fingerprint density at radius 1 is 1.25 bits per heavy atom. The number of fused-ring (bicyclic) bond motifs is 2. The van der Waals surface area contributed by atoms with Gasteiger partial charge in [0.1, 0.15) is 17.6 Å². The van der Waals surface area contributed by atoms with E-state index in [0.29, 0.717) is 19.5 Å². The molecule has 1 aromatic heterocycles. The van der Waals surface area contributed by atoms with Gasteiger partial charge in [-0.05, 0) is 17.7 Å². The van der Waals surface area contributed by atoms with E-state index in [0.717, 1.165) is 33.4 Å². The van der Waals surface area contributed by atoms with E-state index in [9.17, 15) is 9.90 Å². The van der Waals surface area contributed by atoms with Gasteiger partial charge in [-0.2, -0.15) is 0 Å². The van der Waals surface area contributed by atoms with Crippen molar-refractivity contribution in [2.24, 2.45) is 0 Å². The van der Waals surface area contributed by atoms with Crippen LogP contribution in [-0.2, 0) is 17.8 Å². The van der Waals surface area contributed by atoms with Crippen molar-refractivity contribution in [3.63, 3.8) is 0 Å². The molecule has 5 heteroatoms. The molecule has 5 nitrogen and oxygen atoms in total. The second-order valence-electron chi connectivity index (χ2n) is 6.15. The van der Waals surface area contributed by atoms with Crippen molar-refractivity contribution in [1.29, 1.82) is 0 Å². The van der Waals surface area contributed by atoms with E-state index in [4.69, 9.17) is 4.52 Å². The van der Waals surface area contributed by atoms with E-state index < -0.39 is 6.10 Å². The maximum atomic E-state index is 12.1. The van der Waals surface area contributed by atoms with Crippen molar-refractivity contribution in [2.45, 2.75) is 26.0 Å². The van der Waals surface area contributed by atoms with Gasteiger partial charge in [-0.1, -0.05) is 47.6 Å². The predicted molar refractivity (Wildman–Crippen MR) is 90.2 cm³/mol. The van der Waals surface area contributed by atoms with Crippen LogP contribution in [0.3, 0.4) is 0 Å². The number of carbonyl (C=O) groups excluding carboxylic acids is 1. The normalized spacial score (nSPS) is 15.3. The van der Waals surface area contributed by atoms with Gasteiger partial charge in [-0.15, -0.1) is 0 Å². The van der Waals surface area contributed by atoms with Crippen LogP contribution in [-0.4, -0.2) is 33.7 Å². The maximum absolute atomic E-state index is 12.1. The van der Waals surface area contributed by atoms with Crippen LogP contribution in [0.5, 0.6) is 0 Å². The van der Waals surface area contributed by atoms with E-state index in [1.807, 2.05) is 24.3 Å². The molecular weight excluding hydrogens is 304 g/mol. The molecule has 0 radical (unpaired) electrons. The Morgan fingerprint density at radius 2 is 2.04 bits per heavy atom. The minimum Gasteiger partial charge on any atom is -0.384 e. The standard InChI is InChI=1S/C19H18N2O3/c1-12(22)19(23)21-10-9-17-16(11-21)18(20-24-17)15-8-4-6-13-5-2-3-7-14(13)15/h2-8,12,22H,9-11H2,1H3. The molecule has 122 valence electrons.